The maximum atomic E-state index is 12.8. The molecule has 4 saturated heterocycles. The minimum absolute atomic E-state index is 0.138. The molecule has 52 heavy (non-hydrogen) atoms. The highest BCUT2D eigenvalue weighted by atomic mass is 16.7. The zero-order valence-electron chi connectivity index (χ0n) is 29.4. The predicted octanol–water partition coefficient (Wildman–Crippen LogP) is 2.13. The molecule has 6 heterocycles. The first kappa shape index (κ1) is 36.9. The van der Waals surface area contributed by atoms with Crippen molar-refractivity contribution >= 4 is 17.5 Å². The summed E-state index contributed by atoms with van der Waals surface area (Å²) in [5.41, 5.74) is 5.22. The molecular formula is C37H42N6O9. The fourth-order valence-corrected chi connectivity index (χ4v) is 7.07. The molecule has 0 spiro atoms. The van der Waals surface area contributed by atoms with Crippen LogP contribution in [0.25, 0.3) is 0 Å². The summed E-state index contributed by atoms with van der Waals surface area (Å²) in [6.07, 6.45) is 12.4. The average molecular weight is 715 g/mol. The Hall–Kier alpha value is -4.87. The third-order valence-electron chi connectivity index (χ3n) is 9.96. The zero-order chi connectivity index (χ0) is 37.2. The van der Waals surface area contributed by atoms with Gasteiger partial charge in [0, 0.05) is 29.1 Å². The van der Waals surface area contributed by atoms with Crippen LogP contribution in [0.4, 0.5) is 11.6 Å². The highest BCUT2D eigenvalue weighted by Crippen LogP contribution is 2.49. The number of amides is 1. The predicted molar refractivity (Wildman–Crippen MR) is 188 cm³/mol. The van der Waals surface area contributed by atoms with Crippen molar-refractivity contribution in [3.63, 3.8) is 0 Å². The van der Waals surface area contributed by atoms with E-state index in [-0.39, 0.29) is 43.0 Å². The molecule has 0 saturated carbocycles. The Morgan fingerprint density at radius 1 is 0.885 bits per heavy atom. The molecular weight excluding hydrogens is 672 g/mol. The summed E-state index contributed by atoms with van der Waals surface area (Å²) in [5, 5.41) is 2.69. The fraction of sp³-hybridized carbons (Fsp3) is 0.486. The molecule has 8 atom stereocenters. The van der Waals surface area contributed by atoms with Gasteiger partial charge in [-0.2, -0.15) is 9.97 Å². The molecule has 2 aromatic heterocycles. The van der Waals surface area contributed by atoms with Gasteiger partial charge in [-0.3, -0.25) is 13.9 Å². The van der Waals surface area contributed by atoms with Crippen molar-refractivity contribution < 1.29 is 33.2 Å². The van der Waals surface area contributed by atoms with E-state index >= 15 is 0 Å². The van der Waals surface area contributed by atoms with Crippen LogP contribution in [0.2, 0.25) is 0 Å². The second-order valence-electron chi connectivity index (χ2n) is 13.1. The van der Waals surface area contributed by atoms with E-state index in [4.69, 9.17) is 47.0 Å². The number of anilines is 2. The highest BCUT2D eigenvalue weighted by molar-refractivity contribution is 6.04. The molecule has 4 aliphatic heterocycles. The Morgan fingerprint density at radius 3 is 1.88 bits per heavy atom. The van der Waals surface area contributed by atoms with Crippen LogP contribution in [0.15, 0.2) is 52.3 Å². The van der Waals surface area contributed by atoms with Crippen molar-refractivity contribution in [1.82, 2.24) is 19.1 Å². The monoisotopic (exact) mass is 714 g/mol. The number of fused-ring (bicyclic) bond motifs is 4. The van der Waals surface area contributed by atoms with E-state index in [0.717, 1.165) is 0 Å². The van der Waals surface area contributed by atoms with E-state index in [1.807, 2.05) is 19.9 Å². The molecule has 0 aliphatic carbocycles. The van der Waals surface area contributed by atoms with E-state index in [9.17, 15) is 14.4 Å². The summed E-state index contributed by atoms with van der Waals surface area (Å²) in [5.74, 6) is 5.01. The van der Waals surface area contributed by atoms with Gasteiger partial charge >= 0.3 is 11.4 Å². The van der Waals surface area contributed by atoms with Gasteiger partial charge < -0.3 is 39.5 Å². The molecule has 274 valence electrons. The summed E-state index contributed by atoms with van der Waals surface area (Å²) >= 11 is 0. The average Bonchev–Trinajstić information content (AvgIpc) is 3.87. The number of carbonyl (C=O) groups excluding carboxylic acids is 1. The van der Waals surface area contributed by atoms with Gasteiger partial charge in [0.1, 0.15) is 60.5 Å². The van der Waals surface area contributed by atoms with Gasteiger partial charge in [0.25, 0.3) is 5.91 Å². The zero-order valence-corrected chi connectivity index (χ0v) is 29.4. The lowest BCUT2D eigenvalue weighted by Gasteiger charge is -2.30. The smallest absolute Gasteiger partial charge is 0.351 e. The van der Waals surface area contributed by atoms with E-state index < -0.39 is 47.2 Å². The highest BCUT2D eigenvalue weighted by Gasteiger charge is 2.63. The molecule has 3 aromatic rings. The normalized spacial score (nSPS) is 29.6. The Kier molecular flexibility index (Phi) is 10.6. The summed E-state index contributed by atoms with van der Waals surface area (Å²) in [6, 6.07) is 8.73. The number of ether oxygens (including phenoxy) is 6. The molecule has 4 aliphatic rings. The van der Waals surface area contributed by atoms with Gasteiger partial charge in [-0.05, 0) is 38.8 Å². The number of rotatable bonds is 10. The number of hydrogen-bond donors (Lipinski definition) is 2. The topological polar surface area (TPSA) is 180 Å². The lowest BCUT2D eigenvalue weighted by molar-refractivity contribution is -0.176. The number of benzene rings is 1. The first-order valence-electron chi connectivity index (χ1n) is 17.0. The third-order valence-corrected chi connectivity index (χ3v) is 9.96. The fourth-order valence-electron chi connectivity index (χ4n) is 7.07. The van der Waals surface area contributed by atoms with Crippen LogP contribution in [0.5, 0.6) is 0 Å². The molecule has 7 rings (SSSR count). The van der Waals surface area contributed by atoms with Crippen LogP contribution in [-0.2, 0) is 28.4 Å². The Balaban J connectivity index is 0.000000187. The second-order valence-corrected chi connectivity index (χ2v) is 13.1. The number of aromatic nitrogens is 4. The number of nitrogen functional groups attached to an aromatic ring is 1. The van der Waals surface area contributed by atoms with Gasteiger partial charge in [0.2, 0.25) is 0 Å². The standard InChI is InChI=1S/C22H23N3O5.C15H19N3O4/c1-4-11-28-17-16-20(30-22(17,5-2)13-29-16)25-12-14(3)18(24-21(25)27)23-19(26)15-9-7-6-8-10-15;1-4-6-20-11-10-13(22-15(11,5-2)8-21-10)18-7-9(3)12(16)17-14(18)19/h1,6-10,12,16-17,20H,5,11,13H2,2-3H3,(H,23,24,26,27);1,7,10-11,13H,5-6,8H2,2-3H3,(H2,16,17,19)/t16-,17?,20+,22-;10-,11?,13+,15-/m00/s1. The number of carbonyl (C=O) groups is 1. The van der Waals surface area contributed by atoms with Crippen LogP contribution < -0.4 is 22.4 Å². The molecule has 1 aromatic carbocycles. The van der Waals surface area contributed by atoms with Crippen molar-refractivity contribution in [2.24, 2.45) is 0 Å². The van der Waals surface area contributed by atoms with Gasteiger partial charge in [-0.25, -0.2) is 9.59 Å². The van der Waals surface area contributed by atoms with E-state index in [2.05, 4.69) is 27.1 Å². The number of terminal acetylenes is 2. The second kappa shape index (κ2) is 15.0. The van der Waals surface area contributed by atoms with Gasteiger partial charge in [-0.15, -0.1) is 12.8 Å². The largest absolute Gasteiger partial charge is 0.383 e. The quantitative estimate of drug-likeness (QED) is 0.293. The summed E-state index contributed by atoms with van der Waals surface area (Å²) < 4.78 is 38.4. The minimum atomic E-state index is -0.681. The number of nitrogens with two attached hydrogens (primary N) is 1. The number of nitrogens with one attached hydrogen (secondary N) is 1. The Morgan fingerprint density at radius 2 is 1.38 bits per heavy atom. The van der Waals surface area contributed by atoms with Crippen molar-refractivity contribution in [3.8, 4) is 24.7 Å². The molecule has 1 amide bonds. The van der Waals surface area contributed by atoms with Crippen molar-refractivity contribution in [1.29, 1.82) is 0 Å². The SMILES string of the molecule is C#CCOC1[C@@H]2OC[C@]1(CC)O[C@H]2n1cc(C)c(N)nc1=O.C#CCOC1[C@@H]2OC[C@]1(CC)O[C@H]2n1cc(C)c(NC(=O)c2ccccc2)nc1=O. The molecule has 2 unspecified atom stereocenters. The van der Waals surface area contributed by atoms with Crippen molar-refractivity contribution in [2.45, 2.75) is 88.6 Å². The minimum Gasteiger partial charge on any atom is -0.383 e. The number of nitrogens with zero attached hydrogens (tertiary/aromatic N) is 4. The van der Waals surface area contributed by atoms with Gasteiger partial charge in [0.05, 0.1) is 13.2 Å². The molecule has 4 bridgehead atoms. The van der Waals surface area contributed by atoms with Crippen LogP contribution in [-0.4, -0.2) is 87.1 Å². The summed E-state index contributed by atoms with van der Waals surface area (Å²) in [7, 11) is 0. The first-order chi connectivity index (χ1) is 25.0. The van der Waals surface area contributed by atoms with E-state index in [0.29, 0.717) is 42.7 Å². The summed E-state index contributed by atoms with van der Waals surface area (Å²) in [4.78, 5) is 45.2. The van der Waals surface area contributed by atoms with Crippen LogP contribution in [0, 0.1) is 38.5 Å². The van der Waals surface area contributed by atoms with Crippen LogP contribution >= 0.6 is 0 Å². The van der Waals surface area contributed by atoms with Crippen molar-refractivity contribution in [2.75, 3.05) is 37.5 Å². The van der Waals surface area contributed by atoms with E-state index in [1.54, 1.807) is 50.5 Å². The van der Waals surface area contributed by atoms with Gasteiger partial charge in [-0.1, -0.05) is 43.9 Å². The van der Waals surface area contributed by atoms with Crippen LogP contribution in [0.1, 0.15) is 60.6 Å². The molecule has 3 N–H and O–H groups in total. The van der Waals surface area contributed by atoms with Crippen molar-refractivity contribution in [3.05, 3.63) is 80.4 Å². The maximum absolute atomic E-state index is 12.8. The first-order valence-corrected chi connectivity index (χ1v) is 17.0. The Labute approximate surface area is 300 Å². The molecule has 15 heteroatoms. The third kappa shape index (κ3) is 6.63. The van der Waals surface area contributed by atoms with E-state index in [1.165, 1.54) is 9.13 Å². The maximum Gasteiger partial charge on any atom is 0.351 e. The number of aryl methyl sites for hydroxylation is 2. The summed E-state index contributed by atoms with van der Waals surface area (Å²) in [6.45, 7) is 8.65. The molecule has 15 nitrogen and oxygen atoms in total. The number of hydrogen-bond acceptors (Lipinski definition) is 12. The lowest BCUT2D eigenvalue weighted by atomic mass is 9.96. The molecule has 4 fully saturated rings. The molecule has 0 radical (unpaired) electrons. The van der Waals surface area contributed by atoms with Crippen LogP contribution in [0.3, 0.4) is 0 Å². The van der Waals surface area contributed by atoms with Gasteiger partial charge in [0.15, 0.2) is 12.5 Å². The Bertz CT molecular complexity index is 2010. The lowest BCUT2D eigenvalue weighted by Crippen LogP contribution is -2.41.